The van der Waals surface area contributed by atoms with Gasteiger partial charge >= 0.3 is 0 Å². The van der Waals surface area contributed by atoms with Crippen molar-refractivity contribution in [3.05, 3.63) is 0 Å². The molecule has 2 N–H and O–H groups in total. The molecule has 0 bridgehead atoms. The smallest absolute Gasteiger partial charge is 0.239 e. The molecule has 1 unspecified atom stereocenters. The molecule has 3 fully saturated rings. The first-order valence-corrected chi connectivity index (χ1v) is 9.08. The minimum absolute atomic E-state index is 0. The van der Waals surface area contributed by atoms with Crippen molar-refractivity contribution in [2.75, 3.05) is 45.9 Å². The molecule has 1 atom stereocenters. The van der Waals surface area contributed by atoms with E-state index < -0.39 is 0 Å². The summed E-state index contributed by atoms with van der Waals surface area (Å²) in [5, 5.41) is 0. The Labute approximate surface area is 158 Å². The van der Waals surface area contributed by atoms with Crippen molar-refractivity contribution >= 4 is 30.7 Å². The summed E-state index contributed by atoms with van der Waals surface area (Å²) < 4.78 is 5.37. The molecule has 3 heterocycles. The topological polar surface area (TPSA) is 58.8 Å². The number of hydrogen-bond donors (Lipinski definition) is 1. The maximum absolute atomic E-state index is 12.6. The molecule has 0 radical (unpaired) electrons. The van der Waals surface area contributed by atoms with E-state index in [1.165, 1.54) is 32.5 Å². The van der Waals surface area contributed by atoms with E-state index in [0.717, 1.165) is 57.9 Å². The summed E-state index contributed by atoms with van der Waals surface area (Å²) >= 11 is 0. The Bertz CT molecular complexity index is 367. The van der Waals surface area contributed by atoms with Crippen LogP contribution in [-0.2, 0) is 9.53 Å². The molecule has 0 spiro atoms. The Morgan fingerprint density at radius 3 is 2.17 bits per heavy atom. The van der Waals surface area contributed by atoms with E-state index in [1.807, 2.05) is 4.90 Å². The first kappa shape index (κ1) is 22.0. The van der Waals surface area contributed by atoms with Gasteiger partial charge in [-0.05, 0) is 63.5 Å². The van der Waals surface area contributed by atoms with Crippen LogP contribution in [0.4, 0.5) is 0 Å². The number of nitrogens with zero attached hydrogens (tertiary/aromatic N) is 2. The molecule has 0 aromatic rings. The standard InChI is InChI=1S/C17H31N3O2.2ClH/c18-16(15-5-11-22-12-6-15)17(21)20-9-3-14(4-10-20)13-19-7-1-2-8-19;;/h14-16H,1-13,18H2;2*1H. The Balaban J connectivity index is 0.00000144. The third-order valence-corrected chi connectivity index (χ3v) is 5.70. The maximum Gasteiger partial charge on any atom is 0.239 e. The lowest BCUT2D eigenvalue weighted by atomic mass is 9.90. The van der Waals surface area contributed by atoms with Crippen LogP contribution in [0.5, 0.6) is 0 Å². The van der Waals surface area contributed by atoms with Crippen LogP contribution < -0.4 is 5.73 Å². The third-order valence-electron chi connectivity index (χ3n) is 5.70. The normalized spacial score (nSPS) is 25.0. The zero-order chi connectivity index (χ0) is 15.4. The number of ether oxygens (including phenoxy) is 1. The number of carbonyl (C=O) groups excluding carboxylic acids is 1. The highest BCUT2D eigenvalue weighted by Crippen LogP contribution is 2.23. The van der Waals surface area contributed by atoms with Crippen LogP contribution >= 0.6 is 24.8 Å². The number of piperidine rings is 1. The van der Waals surface area contributed by atoms with Crippen molar-refractivity contribution < 1.29 is 9.53 Å². The maximum atomic E-state index is 12.6. The van der Waals surface area contributed by atoms with Gasteiger partial charge < -0.3 is 20.3 Å². The fraction of sp³-hybridized carbons (Fsp3) is 0.941. The minimum atomic E-state index is -0.320. The van der Waals surface area contributed by atoms with Gasteiger partial charge in [-0.15, -0.1) is 24.8 Å². The largest absolute Gasteiger partial charge is 0.381 e. The summed E-state index contributed by atoms with van der Waals surface area (Å²) in [6, 6.07) is -0.320. The fourth-order valence-electron chi connectivity index (χ4n) is 4.15. The average Bonchev–Trinajstić information content (AvgIpc) is 3.08. The third kappa shape index (κ3) is 5.73. The van der Waals surface area contributed by atoms with Gasteiger partial charge in [0.2, 0.25) is 5.91 Å². The van der Waals surface area contributed by atoms with Gasteiger partial charge in [0.25, 0.3) is 0 Å². The summed E-state index contributed by atoms with van der Waals surface area (Å²) in [6.07, 6.45) is 6.86. The summed E-state index contributed by atoms with van der Waals surface area (Å²) in [4.78, 5) is 17.2. The Morgan fingerprint density at radius 1 is 1.00 bits per heavy atom. The SMILES string of the molecule is Cl.Cl.NC(C(=O)N1CCC(CN2CCCC2)CC1)C1CCOCC1. The van der Waals surface area contributed by atoms with Crippen LogP contribution in [0.1, 0.15) is 38.5 Å². The Morgan fingerprint density at radius 2 is 1.58 bits per heavy atom. The number of nitrogens with two attached hydrogens (primary N) is 1. The van der Waals surface area contributed by atoms with E-state index in [4.69, 9.17) is 10.5 Å². The van der Waals surface area contributed by atoms with Crippen LogP contribution in [0.2, 0.25) is 0 Å². The summed E-state index contributed by atoms with van der Waals surface area (Å²) in [5.74, 6) is 1.25. The van der Waals surface area contributed by atoms with Crippen molar-refractivity contribution in [1.82, 2.24) is 9.80 Å². The molecular weight excluding hydrogens is 349 g/mol. The molecule has 142 valence electrons. The highest BCUT2D eigenvalue weighted by Gasteiger charge is 2.32. The number of carbonyl (C=O) groups is 1. The number of halogens is 2. The van der Waals surface area contributed by atoms with Crippen LogP contribution in [0.25, 0.3) is 0 Å². The molecule has 0 saturated carbocycles. The first-order valence-electron chi connectivity index (χ1n) is 9.08. The highest BCUT2D eigenvalue weighted by molar-refractivity contribution is 5.85. The van der Waals surface area contributed by atoms with E-state index in [2.05, 4.69) is 4.90 Å². The van der Waals surface area contributed by atoms with Crippen molar-refractivity contribution in [3.63, 3.8) is 0 Å². The lowest BCUT2D eigenvalue weighted by Gasteiger charge is -2.37. The zero-order valence-electron chi connectivity index (χ0n) is 14.5. The lowest BCUT2D eigenvalue weighted by Crippen LogP contribution is -2.51. The summed E-state index contributed by atoms with van der Waals surface area (Å²) in [7, 11) is 0. The van der Waals surface area contributed by atoms with Gasteiger partial charge in [0.1, 0.15) is 0 Å². The second-order valence-electron chi connectivity index (χ2n) is 7.25. The number of likely N-dealkylation sites (tertiary alicyclic amines) is 2. The van der Waals surface area contributed by atoms with Gasteiger partial charge in [-0.3, -0.25) is 4.79 Å². The molecule has 3 saturated heterocycles. The summed E-state index contributed by atoms with van der Waals surface area (Å²) in [6.45, 7) is 7.07. The van der Waals surface area contributed by atoms with E-state index in [0.29, 0.717) is 5.92 Å². The average molecular weight is 382 g/mol. The molecule has 0 aromatic heterocycles. The second kappa shape index (κ2) is 10.8. The molecule has 3 aliphatic rings. The van der Waals surface area contributed by atoms with Crippen molar-refractivity contribution in [1.29, 1.82) is 0 Å². The fourth-order valence-corrected chi connectivity index (χ4v) is 4.15. The molecular formula is C17H33Cl2N3O2. The van der Waals surface area contributed by atoms with Crippen LogP contribution in [0.3, 0.4) is 0 Å². The monoisotopic (exact) mass is 381 g/mol. The van der Waals surface area contributed by atoms with Gasteiger partial charge in [0, 0.05) is 32.8 Å². The quantitative estimate of drug-likeness (QED) is 0.807. The van der Waals surface area contributed by atoms with E-state index in [-0.39, 0.29) is 36.8 Å². The van der Waals surface area contributed by atoms with E-state index >= 15 is 0 Å². The molecule has 3 rings (SSSR count). The lowest BCUT2D eigenvalue weighted by molar-refractivity contribution is -0.136. The van der Waals surface area contributed by atoms with Gasteiger partial charge in [-0.2, -0.15) is 0 Å². The minimum Gasteiger partial charge on any atom is -0.381 e. The molecule has 3 aliphatic heterocycles. The van der Waals surface area contributed by atoms with Crippen molar-refractivity contribution in [2.45, 2.75) is 44.6 Å². The molecule has 0 aliphatic carbocycles. The molecule has 5 nitrogen and oxygen atoms in total. The molecule has 7 heteroatoms. The Kier molecular flexibility index (Phi) is 9.90. The first-order chi connectivity index (χ1) is 10.7. The number of rotatable bonds is 4. The van der Waals surface area contributed by atoms with Crippen LogP contribution in [0.15, 0.2) is 0 Å². The predicted molar refractivity (Wildman–Crippen MR) is 101 cm³/mol. The predicted octanol–water partition coefficient (Wildman–Crippen LogP) is 1.92. The van der Waals surface area contributed by atoms with E-state index in [9.17, 15) is 4.79 Å². The van der Waals surface area contributed by atoms with Gasteiger partial charge in [0.15, 0.2) is 0 Å². The van der Waals surface area contributed by atoms with Crippen LogP contribution in [0, 0.1) is 11.8 Å². The Hall–Kier alpha value is -0.0700. The summed E-state index contributed by atoms with van der Waals surface area (Å²) in [5.41, 5.74) is 6.23. The zero-order valence-corrected chi connectivity index (χ0v) is 16.2. The molecule has 0 aromatic carbocycles. The highest BCUT2D eigenvalue weighted by atomic mass is 35.5. The van der Waals surface area contributed by atoms with Gasteiger partial charge in [0.05, 0.1) is 6.04 Å². The number of hydrogen-bond acceptors (Lipinski definition) is 4. The molecule has 1 amide bonds. The van der Waals surface area contributed by atoms with Gasteiger partial charge in [-0.1, -0.05) is 0 Å². The van der Waals surface area contributed by atoms with E-state index in [1.54, 1.807) is 0 Å². The van der Waals surface area contributed by atoms with Crippen LogP contribution in [-0.4, -0.2) is 67.7 Å². The number of amides is 1. The van der Waals surface area contributed by atoms with Crippen molar-refractivity contribution in [3.8, 4) is 0 Å². The van der Waals surface area contributed by atoms with Crippen molar-refractivity contribution in [2.24, 2.45) is 17.6 Å². The van der Waals surface area contributed by atoms with Gasteiger partial charge in [-0.25, -0.2) is 0 Å². The molecule has 24 heavy (non-hydrogen) atoms. The second-order valence-corrected chi connectivity index (χ2v) is 7.25.